The normalized spacial score (nSPS) is 11.9. The van der Waals surface area contributed by atoms with Crippen LogP contribution < -0.4 is 11.1 Å². The van der Waals surface area contributed by atoms with Gasteiger partial charge in [-0.3, -0.25) is 4.79 Å². The lowest BCUT2D eigenvalue weighted by atomic mass is 10.1. The summed E-state index contributed by atoms with van der Waals surface area (Å²) in [5.74, 6) is -0.276. The van der Waals surface area contributed by atoms with Gasteiger partial charge in [0.05, 0.1) is 10.7 Å². The first-order valence-electron chi connectivity index (χ1n) is 5.96. The molecule has 19 heavy (non-hydrogen) atoms. The van der Waals surface area contributed by atoms with E-state index in [4.69, 9.17) is 17.3 Å². The summed E-state index contributed by atoms with van der Waals surface area (Å²) in [4.78, 5) is 12.1. The van der Waals surface area contributed by atoms with Crippen LogP contribution >= 0.6 is 11.6 Å². The van der Waals surface area contributed by atoms with Gasteiger partial charge in [-0.2, -0.15) is 0 Å². The van der Waals surface area contributed by atoms with Crippen molar-refractivity contribution in [3.8, 4) is 0 Å². The molecular weight excluding hydrogens is 260 g/mol. The number of benzene rings is 2. The number of halogens is 1. The minimum absolute atomic E-state index is 0.276. The van der Waals surface area contributed by atoms with E-state index in [-0.39, 0.29) is 5.91 Å². The van der Waals surface area contributed by atoms with Crippen molar-refractivity contribution in [1.29, 1.82) is 0 Å². The molecule has 0 aliphatic heterocycles. The fraction of sp³-hybridized carbons (Fsp3) is 0.133. The number of amides is 1. The molecule has 0 saturated carbocycles. The average Bonchev–Trinajstić information content (AvgIpc) is 2.43. The van der Waals surface area contributed by atoms with Gasteiger partial charge in [-0.1, -0.05) is 54.1 Å². The zero-order valence-corrected chi connectivity index (χ0v) is 11.3. The predicted octanol–water partition coefficient (Wildman–Crippen LogP) is 3.29. The third-order valence-corrected chi connectivity index (χ3v) is 3.23. The summed E-state index contributed by atoms with van der Waals surface area (Å²) in [7, 11) is 0. The molecule has 3 N–H and O–H groups in total. The molecular formula is C15H15ClN2O. The Morgan fingerprint density at radius 3 is 2.47 bits per heavy atom. The average molecular weight is 275 g/mol. The van der Waals surface area contributed by atoms with Crippen LogP contribution in [0.5, 0.6) is 0 Å². The first-order valence-corrected chi connectivity index (χ1v) is 6.34. The Kier molecular flexibility index (Phi) is 4.20. The maximum Gasteiger partial charge on any atom is 0.245 e. The molecule has 2 rings (SSSR count). The van der Waals surface area contributed by atoms with Crippen molar-refractivity contribution in [3.63, 3.8) is 0 Å². The van der Waals surface area contributed by atoms with Gasteiger partial charge in [-0.25, -0.2) is 0 Å². The molecule has 1 amide bonds. The highest BCUT2D eigenvalue weighted by atomic mass is 35.5. The molecule has 3 nitrogen and oxygen atoms in total. The Hall–Kier alpha value is -1.84. The highest BCUT2D eigenvalue weighted by molar-refractivity contribution is 6.34. The molecule has 0 fully saturated rings. The molecule has 0 aliphatic carbocycles. The quantitative estimate of drug-likeness (QED) is 0.902. The van der Waals surface area contributed by atoms with E-state index in [1.165, 1.54) is 0 Å². The Morgan fingerprint density at radius 1 is 1.16 bits per heavy atom. The fourth-order valence-electron chi connectivity index (χ4n) is 1.80. The molecule has 0 aliphatic rings. The predicted molar refractivity (Wildman–Crippen MR) is 78.2 cm³/mol. The highest BCUT2D eigenvalue weighted by Gasteiger charge is 2.17. The van der Waals surface area contributed by atoms with Gasteiger partial charge in [0.2, 0.25) is 5.91 Å². The maximum absolute atomic E-state index is 12.1. The molecule has 4 heteroatoms. The topological polar surface area (TPSA) is 55.1 Å². The molecule has 2 aromatic rings. The summed E-state index contributed by atoms with van der Waals surface area (Å²) in [5, 5.41) is 3.29. The minimum atomic E-state index is -0.711. The van der Waals surface area contributed by atoms with Crippen molar-refractivity contribution < 1.29 is 4.79 Å². The van der Waals surface area contributed by atoms with Gasteiger partial charge in [0.25, 0.3) is 0 Å². The number of rotatable bonds is 3. The zero-order chi connectivity index (χ0) is 13.8. The van der Waals surface area contributed by atoms with Gasteiger partial charge in [-0.05, 0) is 24.1 Å². The third kappa shape index (κ3) is 3.13. The van der Waals surface area contributed by atoms with Crippen LogP contribution in [-0.4, -0.2) is 5.91 Å². The molecule has 0 aromatic heterocycles. The molecule has 2 aromatic carbocycles. The molecule has 0 bridgehead atoms. The summed E-state index contributed by atoms with van der Waals surface area (Å²) in [6, 6.07) is 14.0. The fourth-order valence-corrected chi connectivity index (χ4v) is 2.07. The van der Waals surface area contributed by atoms with Crippen molar-refractivity contribution in [2.24, 2.45) is 5.73 Å². The lowest BCUT2D eigenvalue weighted by Gasteiger charge is -2.15. The van der Waals surface area contributed by atoms with Crippen LogP contribution in [0.15, 0.2) is 48.5 Å². The first kappa shape index (κ1) is 13.6. The van der Waals surface area contributed by atoms with E-state index >= 15 is 0 Å². The number of nitrogens with two attached hydrogens (primary N) is 1. The molecule has 0 spiro atoms. The second kappa shape index (κ2) is 5.87. The van der Waals surface area contributed by atoms with Crippen molar-refractivity contribution in [2.45, 2.75) is 13.0 Å². The summed E-state index contributed by atoms with van der Waals surface area (Å²) in [6.07, 6.45) is 0. The lowest BCUT2D eigenvalue weighted by molar-refractivity contribution is -0.117. The van der Waals surface area contributed by atoms with Gasteiger partial charge in [-0.15, -0.1) is 0 Å². The zero-order valence-electron chi connectivity index (χ0n) is 10.6. The van der Waals surface area contributed by atoms with E-state index in [2.05, 4.69) is 5.32 Å². The van der Waals surface area contributed by atoms with Crippen LogP contribution in [0.1, 0.15) is 17.2 Å². The Balaban J connectivity index is 2.18. The van der Waals surface area contributed by atoms with Crippen LogP contribution in [-0.2, 0) is 4.79 Å². The van der Waals surface area contributed by atoms with E-state index in [0.29, 0.717) is 10.7 Å². The number of hydrogen-bond acceptors (Lipinski definition) is 2. The molecule has 0 unspecified atom stereocenters. The van der Waals surface area contributed by atoms with Gasteiger partial charge in [0, 0.05) is 0 Å². The van der Waals surface area contributed by atoms with Crippen LogP contribution in [0.3, 0.4) is 0 Å². The largest absolute Gasteiger partial charge is 0.323 e. The van der Waals surface area contributed by atoms with Crippen molar-refractivity contribution >= 4 is 23.2 Å². The van der Waals surface area contributed by atoms with E-state index in [1.54, 1.807) is 6.07 Å². The minimum Gasteiger partial charge on any atom is -0.323 e. The van der Waals surface area contributed by atoms with Crippen LogP contribution in [0, 0.1) is 6.92 Å². The second-order valence-corrected chi connectivity index (χ2v) is 4.72. The van der Waals surface area contributed by atoms with Crippen molar-refractivity contribution in [1.82, 2.24) is 0 Å². The number of para-hydroxylation sites is 1. The van der Waals surface area contributed by atoms with Crippen molar-refractivity contribution in [3.05, 3.63) is 64.7 Å². The number of carbonyl (C=O) groups excluding carboxylic acids is 1. The molecule has 1 atom stereocenters. The van der Waals surface area contributed by atoms with E-state index < -0.39 is 6.04 Å². The summed E-state index contributed by atoms with van der Waals surface area (Å²) in [6.45, 7) is 1.88. The number of nitrogens with one attached hydrogen (secondary N) is 1. The van der Waals surface area contributed by atoms with Gasteiger partial charge in [0.15, 0.2) is 0 Å². The summed E-state index contributed by atoms with van der Waals surface area (Å²) in [5.41, 5.74) is 8.22. The van der Waals surface area contributed by atoms with Gasteiger partial charge < -0.3 is 11.1 Å². The Morgan fingerprint density at radius 2 is 1.84 bits per heavy atom. The summed E-state index contributed by atoms with van der Waals surface area (Å²) < 4.78 is 0. The van der Waals surface area contributed by atoms with Crippen LogP contribution in [0.2, 0.25) is 5.02 Å². The Bertz CT molecular complexity index is 564. The maximum atomic E-state index is 12.1. The number of hydrogen-bond donors (Lipinski definition) is 2. The first-order chi connectivity index (χ1) is 9.09. The Labute approximate surface area is 117 Å². The highest BCUT2D eigenvalue weighted by Crippen LogP contribution is 2.26. The molecule has 0 radical (unpaired) electrons. The number of carbonyl (C=O) groups is 1. The standard InChI is InChI=1S/C15H15ClN2O/c1-10-6-5-9-12(16)14(10)18-15(19)13(17)11-7-3-2-4-8-11/h2-9,13H,17H2,1H3,(H,18,19)/t13-/m0/s1. The molecule has 0 heterocycles. The second-order valence-electron chi connectivity index (χ2n) is 4.31. The third-order valence-electron chi connectivity index (χ3n) is 2.91. The molecule has 98 valence electrons. The van der Waals surface area contributed by atoms with Crippen LogP contribution in [0.4, 0.5) is 5.69 Å². The van der Waals surface area contributed by atoms with Gasteiger partial charge >= 0.3 is 0 Å². The van der Waals surface area contributed by atoms with Gasteiger partial charge in [0.1, 0.15) is 6.04 Å². The van der Waals surface area contributed by atoms with E-state index in [9.17, 15) is 4.79 Å². The monoisotopic (exact) mass is 274 g/mol. The number of anilines is 1. The lowest BCUT2D eigenvalue weighted by Crippen LogP contribution is -2.28. The SMILES string of the molecule is Cc1cccc(Cl)c1NC(=O)[C@@H](N)c1ccccc1. The number of aryl methyl sites for hydroxylation is 1. The van der Waals surface area contributed by atoms with E-state index in [1.807, 2.05) is 49.4 Å². The van der Waals surface area contributed by atoms with Crippen LogP contribution in [0.25, 0.3) is 0 Å². The van der Waals surface area contributed by atoms with Crippen molar-refractivity contribution in [2.75, 3.05) is 5.32 Å². The smallest absolute Gasteiger partial charge is 0.245 e. The summed E-state index contributed by atoms with van der Waals surface area (Å²) >= 11 is 6.07. The molecule has 0 saturated heterocycles. The van der Waals surface area contributed by atoms with E-state index in [0.717, 1.165) is 11.1 Å².